The third-order valence-electron chi connectivity index (χ3n) is 4.33. The van der Waals surface area contributed by atoms with Crippen molar-refractivity contribution in [2.75, 3.05) is 46.8 Å². The summed E-state index contributed by atoms with van der Waals surface area (Å²) < 4.78 is 24.7. The highest BCUT2D eigenvalue weighted by molar-refractivity contribution is 14.0. The molecule has 0 aromatic heterocycles. The molecule has 0 aliphatic heterocycles. The fourth-order valence-electron chi connectivity index (χ4n) is 2.79. The Kier molecular flexibility index (Phi) is 10.6. The molecule has 2 rings (SSSR count). The van der Waals surface area contributed by atoms with Gasteiger partial charge in [-0.25, -0.2) is 4.39 Å². The summed E-state index contributed by atoms with van der Waals surface area (Å²) in [5, 5.41) is 6.47. The molecule has 2 aromatic rings. The molecule has 0 bridgehead atoms. The molecule has 0 heterocycles. The summed E-state index contributed by atoms with van der Waals surface area (Å²) >= 11 is 0. The minimum absolute atomic E-state index is 0. The quantitative estimate of drug-likeness (QED) is 0.320. The van der Waals surface area contributed by atoms with Gasteiger partial charge in [0.15, 0.2) is 17.5 Å². The Hall–Kier alpha value is -2.23. The Balaban J connectivity index is 0.00000420. The van der Waals surface area contributed by atoms with Crippen LogP contribution >= 0.6 is 24.0 Å². The number of ether oxygens (including phenoxy) is 2. The van der Waals surface area contributed by atoms with E-state index in [2.05, 4.69) is 15.6 Å². The second-order valence-electron chi connectivity index (χ2n) is 6.47. The van der Waals surface area contributed by atoms with E-state index in [0.717, 1.165) is 17.5 Å². The van der Waals surface area contributed by atoms with E-state index >= 15 is 0 Å². The highest BCUT2D eigenvalue weighted by atomic mass is 127. The van der Waals surface area contributed by atoms with Gasteiger partial charge in [-0.2, -0.15) is 0 Å². The third kappa shape index (κ3) is 7.26. The number of rotatable bonds is 8. The van der Waals surface area contributed by atoms with E-state index in [4.69, 9.17) is 9.47 Å². The summed E-state index contributed by atoms with van der Waals surface area (Å²) in [5.74, 6) is 1.85. The monoisotopic (exact) mass is 516 g/mol. The van der Waals surface area contributed by atoms with Crippen LogP contribution in [0.4, 0.5) is 10.1 Å². The SMILES string of the molecule is CN=C(NCCc1ccc(OC)c(OC)c1)NCc1ccc(N(C)C)c(F)c1.I. The van der Waals surface area contributed by atoms with Gasteiger partial charge in [-0.05, 0) is 41.8 Å². The van der Waals surface area contributed by atoms with E-state index in [1.807, 2.05) is 38.4 Å². The standard InChI is InChI=1S/C21H29FN4O2.HI/c1-23-21(25-14-16-6-8-18(26(2)3)17(22)12-16)24-11-10-15-7-9-19(27-4)20(13-15)28-5;/h6-9,12-13H,10-11,14H2,1-5H3,(H2,23,24,25);1H. The number of benzene rings is 2. The van der Waals surface area contributed by atoms with Crippen molar-refractivity contribution in [1.29, 1.82) is 0 Å². The Morgan fingerprint density at radius 2 is 1.69 bits per heavy atom. The predicted molar refractivity (Wildman–Crippen MR) is 128 cm³/mol. The number of anilines is 1. The minimum atomic E-state index is -0.235. The van der Waals surface area contributed by atoms with Gasteiger partial charge < -0.3 is 25.0 Å². The lowest BCUT2D eigenvalue weighted by Gasteiger charge is -2.15. The largest absolute Gasteiger partial charge is 0.493 e. The minimum Gasteiger partial charge on any atom is -0.493 e. The molecule has 0 radical (unpaired) electrons. The smallest absolute Gasteiger partial charge is 0.191 e. The summed E-state index contributed by atoms with van der Waals surface area (Å²) in [6.45, 7) is 1.18. The fraction of sp³-hybridized carbons (Fsp3) is 0.381. The highest BCUT2D eigenvalue weighted by Crippen LogP contribution is 2.27. The van der Waals surface area contributed by atoms with Crippen molar-refractivity contribution >= 4 is 35.6 Å². The summed E-state index contributed by atoms with van der Waals surface area (Å²) in [6, 6.07) is 11.1. The number of hydrogen-bond donors (Lipinski definition) is 2. The van der Waals surface area contributed by atoms with Gasteiger partial charge in [0.05, 0.1) is 19.9 Å². The van der Waals surface area contributed by atoms with E-state index in [1.54, 1.807) is 38.3 Å². The van der Waals surface area contributed by atoms with Crippen LogP contribution in [-0.2, 0) is 13.0 Å². The van der Waals surface area contributed by atoms with Gasteiger partial charge in [0.1, 0.15) is 5.82 Å². The lowest BCUT2D eigenvalue weighted by Crippen LogP contribution is -2.37. The van der Waals surface area contributed by atoms with Crippen molar-refractivity contribution in [3.8, 4) is 11.5 Å². The van der Waals surface area contributed by atoms with Crippen molar-refractivity contribution in [2.24, 2.45) is 4.99 Å². The van der Waals surface area contributed by atoms with Crippen molar-refractivity contribution in [3.05, 3.63) is 53.3 Å². The van der Waals surface area contributed by atoms with E-state index < -0.39 is 0 Å². The zero-order valence-corrected chi connectivity index (χ0v) is 19.9. The first-order valence-electron chi connectivity index (χ1n) is 9.09. The molecule has 160 valence electrons. The van der Waals surface area contributed by atoms with Crippen LogP contribution in [0.15, 0.2) is 41.4 Å². The highest BCUT2D eigenvalue weighted by Gasteiger charge is 2.07. The van der Waals surface area contributed by atoms with E-state index in [9.17, 15) is 4.39 Å². The molecule has 0 unspecified atom stereocenters. The van der Waals surface area contributed by atoms with Crippen molar-refractivity contribution in [3.63, 3.8) is 0 Å². The zero-order valence-electron chi connectivity index (χ0n) is 17.6. The van der Waals surface area contributed by atoms with Gasteiger partial charge in [0.2, 0.25) is 0 Å². The molecular weight excluding hydrogens is 486 g/mol. The van der Waals surface area contributed by atoms with Crippen molar-refractivity contribution in [2.45, 2.75) is 13.0 Å². The van der Waals surface area contributed by atoms with Gasteiger partial charge in [0, 0.05) is 34.2 Å². The Morgan fingerprint density at radius 1 is 1.00 bits per heavy atom. The molecule has 0 saturated carbocycles. The molecule has 8 heteroatoms. The maximum atomic E-state index is 14.1. The van der Waals surface area contributed by atoms with Crippen LogP contribution in [0.2, 0.25) is 0 Å². The number of halogens is 2. The van der Waals surface area contributed by atoms with Gasteiger partial charge in [-0.15, -0.1) is 24.0 Å². The summed E-state index contributed by atoms with van der Waals surface area (Å²) in [6.07, 6.45) is 0.799. The first kappa shape index (κ1) is 24.8. The molecule has 0 atom stereocenters. The average Bonchev–Trinajstić information content (AvgIpc) is 2.70. The zero-order chi connectivity index (χ0) is 20.5. The van der Waals surface area contributed by atoms with Gasteiger partial charge in [-0.1, -0.05) is 12.1 Å². The molecule has 29 heavy (non-hydrogen) atoms. The second-order valence-corrected chi connectivity index (χ2v) is 6.47. The molecular formula is C21H30FIN4O2. The molecule has 6 nitrogen and oxygen atoms in total. The predicted octanol–water partition coefficient (Wildman–Crippen LogP) is 3.43. The summed E-state index contributed by atoms with van der Waals surface area (Å²) in [4.78, 5) is 5.96. The lowest BCUT2D eigenvalue weighted by molar-refractivity contribution is 0.354. The van der Waals surface area contributed by atoms with Gasteiger partial charge in [-0.3, -0.25) is 4.99 Å². The van der Waals surface area contributed by atoms with Crippen molar-refractivity contribution < 1.29 is 13.9 Å². The van der Waals surface area contributed by atoms with E-state index in [0.29, 0.717) is 36.2 Å². The first-order chi connectivity index (χ1) is 13.5. The Morgan fingerprint density at radius 3 is 2.28 bits per heavy atom. The molecule has 0 saturated heterocycles. The van der Waals surface area contributed by atoms with Crippen LogP contribution in [0.1, 0.15) is 11.1 Å². The van der Waals surface area contributed by atoms with Crippen LogP contribution in [0.5, 0.6) is 11.5 Å². The average molecular weight is 516 g/mol. The molecule has 2 N–H and O–H groups in total. The number of nitrogens with zero attached hydrogens (tertiary/aromatic N) is 2. The summed E-state index contributed by atoms with van der Waals surface area (Å²) in [5.41, 5.74) is 2.55. The van der Waals surface area contributed by atoms with Crippen LogP contribution in [0.3, 0.4) is 0 Å². The van der Waals surface area contributed by atoms with Crippen molar-refractivity contribution in [1.82, 2.24) is 10.6 Å². The summed E-state index contributed by atoms with van der Waals surface area (Å²) in [7, 11) is 8.59. The van der Waals surface area contributed by atoms with E-state index in [1.165, 1.54) is 0 Å². The second kappa shape index (κ2) is 12.4. The van der Waals surface area contributed by atoms with E-state index in [-0.39, 0.29) is 29.8 Å². The number of methoxy groups -OCH3 is 2. The maximum absolute atomic E-state index is 14.1. The molecule has 0 aliphatic rings. The maximum Gasteiger partial charge on any atom is 0.191 e. The molecule has 0 fully saturated rings. The number of aliphatic imine (C=N–C) groups is 1. The molecule has 2 aromatic carbocycles. The van der Waals surface area contributed by atoms with Crippen LogP contribution in [0.25, 0.3) is 0 Å². The van der Waals surface area contributed by atoms with Crippen LogP contribution in [0, 0.1) is 5.82 Å². The van der Waals surface area contributed by atoms with Gasteiger partial charge >= 0.3 is 0 Å². The number of nitrogens with one attached hydrogen (secondary N) is 2. The van der Waals surface area contributed by atoms with Crippen LogP contribution in [-0.4, -0.2) is 47.9 Å². The van der Waals surface area contributed by atoms with Crippen LogP contribution < -0.4 is 25.0 Å². The fourth-order valence-corrected chi connectivity index (χ4v) is 2.79. The Bertz CT molecular complexity index is 815. The Labute approximate surface area is 189 Å². The first-order valence-corrected chi connectivity index (χ1v) is 9.09. The third-order valence-corrected chi connectivity index (χ3v) is 4.33. The molecule has 0 amide bonds. The molecule has 0 spiro atoms. The topological polar surface area (TPSA) is 58.1 Å². The normalized spacial score (nSPS) is 10.8. The number of hydrogen-bond acceptors (Lipinski definition) is 4. The molecule has 0 aliphatic carbocycles. The lowest BCUT2D eigenvalue weighted by atomic mass is 10.1. The number of guanidine groups is 1. The van der Waals surface area contributed by atoms with Gasteiger partial charge in [0.25, 0.3) is 0 Å².